The number of amides is 1. The lowest BCUT2D eigenvalue weighted by Gasteiger charge is -2.20. The van der Waals surface area contributed by atoms with Crippen molar-refractivity contribution in [3.63, 3.8) is 0 Å². The molecule has 4 rings (SSSR count). The van der Waals surface area contributed by atoms with Gasteiger partial charge in [-0.3, -0.25) is 9.48 Å². The molecular weight excluding hydrogens is 368 g/mol. The molecule has 7 heteroatoms. The molecule has 0 aliphatic carbocycles. The molecule has 148 valence electrons. The number of nitrogens with zero attached hydrogens (tertiary/aromatic N) is 4. The molecule has 0 spiro atoms. The van der Waals surface area contributed by atoms with Crippen LogP contribution in [0, 0.1) is 0 Å². The van der Waals surface area contributed by atoms with Gasteiger partial charge in [0.1, 0.15) is 11.3 Å². The van der Waals surface area contributed by atoms with Crippen LogP contribution in [0.2, 0.25) is 0 Å². The van der Waals surface area contributed by atoms with Gasteiger partial charge in [-0.1, -0.05) is 6.07 Å². The predicted molar refractivity (Wildman–Crippen MR) is 110 cm³/mol. The van der Waals surface area contributed by atoms with Crippen molar-refractivity contribution < 1.29 is 13.9 Å². The summed E-state index contributed by atoms with van der Waals surface area (Å²) in [6.45, 7) is 3.82. The smallest absolute Gasteiger partial charge is 0.254 e. The topological polar surface area (TPSA) is 73.4 Å². The van der Waals surface area contributed by atoms with Gasteiger partial charge in [0.25, 0.3) is 5.91 Å². The second-order valence-electron chi connectivity index (χ2n) is 6.59. The second kappa shape index (κ2) is 8.18. The maximum absolute atomic E-state index is 13.0. The maximum atomic E-state index is 13.0. The zero-order valence-electron chi connectivity index (χ0n) is 16.4. The van der Waals surface area contributed by atoms with E-state index in [1.807, 2.05) is 54.2 Å². The molecule has 0 radical (unpaired) electrons. The van der Waals surface area contributed by atoms with Crippen molar-refractivity contribution in [2.45, 2.75) is 13.5 Å². The van der Waals surface area contributed by atoms with E-state index in [0.29, 0.717) is 42.2 Å². The third kappa shape index (κ3) is 3.99. The molecular formula is C22H22N4O3. The number of likely N-dealkylation sites (N-methyl/N-ethyl adjacent to an activating group) is 1. The number of oxazole rings is 1. The summed E-state index contributed by atoms with van der Waals surface area (Å²) >= 11 is 0. The fraction of sp³-hybridized carbons (Fsp3) is 0.227. The first-order chi connectivity index (χ1) is 14.2. The molecule has 4 aromatic rings. The minimum Gasteiger partial charge on any atom is -0.497 e. The number of fused-ring (bicyclic) bond motifs is 1. The van der Waals surface area contributed by atoms with E-state index < -0.39 is 0 Å². The maximum Gasteiger partial charge on any atom is 0.254 e. The summed E-state index contributed by atoms with van der Waals surface area (Å²) in [6.07, 6.45) is 3.62. The molecule has 0 unspecified atom stereocenters. The third-order valence-corrected chi connectivity index (χ3v) is 4.78. The molecule has 2 heterocycles. The van der Waals surface area contributed by atoms with Crippen LogP contribution in [0.25, 0.3) is 22.6 Å². The summed E-state index contributed by atoms with van der Waals surface area (Å²) in [7, 11) is 1.62. The molecule has 0 aliphatic heterocycles. The van der Waals surface area contributed by atoms with E-state index in [4.69, 9.17) is 9.15 Å². The molecule has 0 saturated heterocycles. The van der Waals surface area contributed by atoms with Gasteiger partial charge < -0.3 is 14.1 Å². The predicted octanol–water partition coefficient (Wildman–Crippen LogP) is 3.86. The lowest BCUT2D eigenvalue weighted by atomic mass is 10.2. The first-order valence-electron chi connectivity index (χ1n) is 9.49. The van der Waals surface area contributed by atoms with Crippen LogP contribution in [0.3, 0.4) is 0 Å². The van der Waals surface area contributed by atoms with Crippen molar-refractivity contribution in [2.24, 2.45) is 0 Å². The van der Waals surface area contributed by atoms with Crippen molar-refractivity contribution in [3.8, 4) is 17.2 Å². The van der Waals surface area contributed by atoms with E-state index in [2.05, 4.69) is 10.1 Å². The third-order valence-electron chi connectivity index (χ3n) is 4.78. The van der Waals surface area contributed by atoms with Crippen molar-refractivity contribution in [3.05, 3.63) is 66.5 Å². The molecule has 0 aliphatic rings. The lowest BCUT2D eigenvalue weighted by molar-refractivity contribution is 0.0757. The number of carbonyl (C=O) groups is 1. The average Bonchev–Trinajstić information content (AvgIpc) is 3.43. The molecule has 0 bridgehead atoms. The number of hydrogen-bond donors (Lipinski definition) is 0. The molecule has 0 saturated carbocycles. The van der Waals surface area contributed by atoms with Crippen LogP contribution in [-0.4, -0.2) is 45.8 Å². The van der Waals surface area contributed by atoms with Crippen LogP contribution >= 0.6 is 0 Å². The van der Waals surface area contributed by atoms with E-state index in [9.17, 15) is 4.79 Å². The highest BCUT2D eigenvalue weighted by atomic mass is 16.5. The van der Waals surface area contributed by atoms with Gasteiger partial charge in [0.15, 0.2) is 5.58 Å². The quantitative estimate of drug-likeness (QED) is 0.479. The Morgan fingerprint density at radius 1 is 1.21 bits per heavy atom. The van der Waals surface area contributed by atoms with Gasteiger partial charge in [-0.15, -0.1) is 0 Å². The summed E-state index contributed by atoms with van der Waals surface area (Å²) in [5, 5.41) is 4.19. The number of benzene rings is 2. The molecule has 2 aromatic heterocycles. The fourth-order valence-electron chi connectivity index (χ4n) is 3.18. The molecule has 0 N–H and O–H groups in total. The highest BCUT2D eigenvalue weighted by Crippen LogP contribution is 2.27. The monoisotopic (exact) mass is 390 g/mol. The Bertz CT molecular complexity index is 1120. The number of aromatic nitrogens is 3. The molecule has 0 fully saturated rings. The lowest BCUT2D eigenvalue weighted by Crippen LogP contribution is -2.33. The zero-order valence-corrected chi connectivity index (χ0v) is 16.4. The largest absolute Gasteiger partial charge is 0.497 e. The minimum absolute atomic E-state index is 0.0408. The van der Waals surface area contributed by atoms with Gasteiger partial charge >= 0.3 is 0 Å². The Labute approximate surface area is 168 Å². The van der Waals surface area contributed by atoms with Gasteiger partial charge in [0.05, 0.1) is 13.7 Å². The van der Waals surface area contributed by atoms with Crippen LogP contribution in [0.4, 0.5) is 0 Å². The SMILES string of the molecule is CCN(CCn1cccn1)C(=O)c1ccc2nc(-c3cccc(OC)c3)oc2c1. The Morgan fingerprint density at radius 3 is 2.86 bits per heavy atom. The van der Waals surface area contributed by atoms with Crippen LogP contribution in [0.1, 0.15) is 17.3 Å². The van der Waals surface area contributed by atoms with Gasteiger partial charge in [-0.05, 0) is 49.4 Å². The zero-order chi connectivity index (χ0) is 20.2. The van der Waals surface area contributed by atoms with Crippen LogP contribution < -0.4 is 4.74 Å². The standard InChI is InChI=1S/C22H22N4O3/c1-3-25(12-13-26-11-5-10-23-26)22(27)17-8-9-19-20(15-17)29-21(24-19)16-6-4-7-18(14-16)28-2/h4-11,14-15H,3,12-13H2,1-2H3. The number of carbonyl (C=O) groups excluding carboxylic acids is 1. The summed E-state index contributed by atoms with van der Waals surface area (Å²) in [6, 6.07) is 14.8. The Morgan fingerprint density at radius 2 is 2.10 bits per heavy atom. The van der Waals surface area contributed by atoms with E-state index in [1.54, 1.807) is 30.3 Å². The minimum atomic E-state index is -0.0408. The van der Waals surface area contributed by atoms with Gasteiger partial charge in [-0.25, -0.2) is 4.98 Å². The number of rotatable bonds is 7. The van der Waals surface area contributed by atoms with Crippen molar-refractivity contribution in [2.75, 3.05) is 20.2 Å². The summed E-state index contributed by atoms with van der Waals surface area (Å²) in [4.78, 5) is 19.3. The summed E-state index contributed by atoms with van der Waals surface area (Å²) in [5.74, 6) is 1.19. The molecule has 1 amide bonds. The molecule has 7 nitrogen and oxygen atoms in total. The fourth-order valence-corrected chi connectivity index (χ4v) is 3.18. The Balaban J connectivity index is 1.56. The second-order valence-corrected chi connectivity index (χ2v) is 6.59. The Kier molecular flexibility index (Phi) is 5.29. The molecule has 29 heavy (non-hydrogen) atoms. The van der Waals surface area contributed by atoms with Crippen LogP contribution in [0.5, 0.6) is 5.75 Å². The van der Waals surface area contributed by atoms with Crippen molar-refractivity contribution >= 4 is 17.0 Å². The first-order valence-corrected chi connectivity index (χ1v) is 9.49. The van der Waals surface area contributed by atoms with Gasteiger partial charge in [0, 0.05) is 36.6 Å². The number of hydrogen-bond acceptors (Lipinski definition) is 5. The van der Waals surface area contributed by atoms with Crippen molar-refractivity contribution in [1.82, 2.24) is 19.7 Å². The van der Waals surface area contributed by atoms with Crippen LogP contribution in [0.15, 0.2) is 65.3 Å². The summed E-state index contributed by atoms with van der Waals surface area (Å²) in [5.41, 5.74) is 2.69. The van der Waals surface area contributed by atoms with E-state index in [1.165, 1.54) is 0 Å². The average molecular weight is 390 g/mol. The highest BCUT2D eigenvalue weighted by Gasteiger charge is 2.17. The van der Waals surface area contributed by atoms with E-state index in [0.717, 1.165) is 11.3 Å². The normalized spacial score (nSPS) is 11.0. The van der Waals surface area contributed by atoms with E-state index in [-0.39, 0.29) is 5.91 Å². The first kappa shape index (κ1) is 18.7. The van der Waals surface area contributed by atoms with Crippen molar-refractivity contribution in [1.29, 1.82) is 0 Å². The van der Waals surface area contributed by atoms with E-state index >= 15 is 0 Å². The Hall–Kier alpha value is -3.61. The molecule has 2 aromatic carbocycles. The van der Waals surface area contributed by atoms with Gasteiger partial charge in [-0.2, -0.15) is 5.10 Å². The van der Waals surface area contributed by atoms with Gasteiger partial charge in [0.2, 0.25) is 5.89 Å². The summed E-state index contributed by atoms with van der Waals surface area (Å²) < 4.78 is 13.0. The number of methoxy groups -OCH3 is 1. The number of ether oxygens (including phenoxy) is 1. The highest BCUT2D eigenvalue weighted by molar-refractivity contribution is 5.97. The molecule has 0 atom stereocenters. The van der Waals surface area contributed by atoms with Crippen LogP contribution in [-0.2, 0) is 6.54 Å².